The highest BCUT2D eigenvalue weighted by Gasteiger charge is 2.15. The second kappa shape index (κ2) is 5.38. The summed E-state index contributed by atoms with van der Waals surface area (Å²) >= 11 is 0. The number of aldehydes is 1. The van der Waals surface area contributed by atoms with Crippen molar-refractivity contribution in [3.05, 3.63) is 23.8 Å². The molecule has 92 valence electrons. The van der Waals surface area contributed by atoms with E-state index in [4.69, 9.17) is 4.74 Å². The van der Waals surface area contributed by atoms with Crippen LogP contribution in [0.2, 0.25) is 0 Å². The topological polar surface area (TPSA) is 81.2 Å². The third-order valence-corrected chi connectivity index (χ3v) is 1.66. The van der Waals surface area contributed by atoms with Crippen LogP contribution >= 0.6 is 0 Å². The molecule has 1 amide bonds. The summed E-state index contributed by atoms with van der Waals surface area (Å²) in [6, 6.07) is 0. The Bertz CT molecular complexity index is 395. The van der Waals surface area contributed by atoms with Crippen LogP contribution in [0.5, 0.6) is 0 Å². The van der Waals surface area contributed by atoms with E-state index in [1.165, 1.54) is 12.4 Å². The van der Waals surface area contributed by atoms with Gasteiger partial charge in [-0.25, -0.2) is 9.78 Å². The van der Waals surface area contributed by atoms with Crippen LogP contribution in [0.4, 0.5) is 4.79 Å². The van der Waals surface area contributed by atoms with Crippen LogP contribution in [-0.2, 0) is 11.3 Å². The Morgan fingerprint density at radius 3 is 2.59 bits per heavy atom. The molecule has 1 aromatic rings. The molecule has 0 atom stereocenters. The predicted molar refractivity (Wildman–Crippen MR) is 60.5 cm³/mol. The van der Waals surface area contributed by atoms with E-state index in [-0.39, 0.29) is 12.2 Å². The molecule has 0 spiro atoms. The molecule has 1 N–H and O–H groups in total. The van der Waals surface area contributed by atoms with Crippen LogP contribution in [0.15, 0.2) is 12.4 Å². The van der Waals surface area contributed by atoms with Gasteiger partial charge in [-0.1, -0.05) is 0 Å². The Hall–Kier alpha value is -1.98. The molecular weight excluding hydrogens is 222 g/mol. The molecule has 0 aliphatic rings. The fourth-order valence-corrected chi connectivity index (χ4v) is 0.994. The molecule has 1 aromatic heterocycles. The molecule has 17 heavy (non-hydrogen) atoms. The molecule has 0 bridgehead atoms. The van der Waals surface area contributed by atoms with Gasteiger partial charge >= 0.3 is 6.09 Å². The lowest BCUT2D eigenvalue weighted by Gasteiger charge is -2.19. The quantitative estimate of drug-likeness (QED) is 0.802. The second-order valence-corrected chi connectivity index (χ2v) is 4.41. The molecule has 0 saturated heterocycles. The number of hydrogen-bond donors (Lipinski definition) is 1. The first-order valence-electron chi connectivity index (χ1n) is 5.13. The zero-order valence-corrected chi connectivity index (χ0v) is 10.1. The smallest absolute Gasteiger partial charge is 0.407 e. The average molecular weight is 237 g/mol. The monoisotopic (exact) mass is 237 g/mol. The van der Waals surface area contributed by atoms with Crippen LogP contribution in [-0.4, -0.2) is 27.9 Å². The van der Waals surface area contributed by atoms with Gasteiger partial charge in [0.15, 0.2) is 6.29 Å². The van der Waals surface area contributed by atoms with E-state index in [0.29, 0.717) is 12.0 Å². The van der Waals surface area contributed by atoms with Gasteiger partial charge in [0.25, 0.3) is 0 Å². The van der Waals surface area contributed by atoms with Crippen molar-refractivity contribution in [2.45, 2.75) is 32.9 Å². The number of amides is 1. The Kier molecular flexibility index (Phi) is 4.14. The fourth-order valence-electron chi connectivity index (χ4n) is 0.994. The van der Waals surface area contributed by atoms with E-state index < -0.39 is 11.7 Å². The lowest BCUT2D eigenvalue weighted by molar-refractivity contribution is 0.0522. The summed E-state index contributed by atoms with van der Waals surface area (Å²) in [5, 5.41) is 2.54. The van der Waals surface area contributed by atoms with Gasteiger partial charge in [0.05, 0.1) is 24.6 Å². The summed E-state index contributed by atoms with van der Waals surface area (Å²) < 4.78 is 5.05. The number of ether oxygens (including phenoxy) is 1. The van der Waals surface area contributed by atoms with E-state index in [1.54, 1.807) is 20.8 Å². The van der Waals surface area contributed by atoms with E-state index >= 15 is 0 Å². The molecule has 0 aromatic carbocycles. The van der Waals surface area contributed by atoms with Crippen molar-refractivity contribution in [1.29, 1.82) is 0 Å². The summed E-state index contributed by atoms with van der Waals surface area (Å²) in [4.78, 5) is 29.4. The van der Waals surface area contributed by atoms with E-state index in [0.717, 1.165) is 0 Å². The summed E-state index contributed by atoms with van der Waals surface area (Å²) in [6.45, 7) is 5.56. The summed E-state index contributed by atoms with van der Waals surface area (Å²) in [6.07, 6.45) is 2.87. The highest BCUT2D eigenvalue weighted by Crippen LogP contribution is 2.06. The van der Waals surface area contributed by atoms with Gasteiger partial charge in [-0.2, -0.15) is 0 Å². The Balaban J connectivity index is 2.44. The van der Waals surface area contributed by atoms with E-state index in [2.05, 4.69) is 15.3 Å². The van der Waals surface area contributed by atoms with Crippen LogP contribution < -0.4 is 5.32 Å². The zero-order chi connectivity index (χ0) is 12.9. The average Bonchev–Trinajstić information content (AvgIpc) is 2.25. The van der Waals surface area contributed by atoms with E-state index in [9.17, 15) is 9.59 Å². The summed E-state index contributed by atoms with van der Waals surface area (Å²) in [5.74, 6) is 0. The zero-order valence-electron chi connectivity index (χ0n) is 10.1. The number of nitrogens with zero attached hydrogens (tertiary/aromatic N) is 2. The molecule has 1 heterocycles. The molecule has 0 saturated carbocycles. The molecule has 0 radical (unpaired) electrons. The van der Waals surface area contributed by atoms with Crippen molar-refractivity contribution in [3.8, 4) is 0 Å². The highest BCUT2D eigenvalue weighted by molar-refractivity contribution is 5.70. The van der Waals surface area contributed by atoms with Gasteiger partial charge < -0.3 is 10.1 Å². The SMILES string of the molecule is CC(C)(C)OC(=O)NCc1cnc(C=O)cn1. The van der Waals surface area contributed by atoms with Gasteiger partial charge in [-0.05, 0) is 20.8 Å². The maximum absolute atomic E-state index is 11.3. The minimum absolute atomic E-state index is 0.209. The molecular formula is C11H15N3O3. The summed E-state index contributed by atoms with van der Waals surface area (Å²) in [7, 11) is 0. The number of aromatic nitrogens is 2. The van der Waals surface area contributed by atoms with Gasteiger partial charge in [0.2, 0.25) is 0 Å². The largest absolute Gasteiger partial charge is 0.444 e. The highest BCUT2D eigenvalue weighted by atomic mass is 16.6. The van der Waals surface area contributed by atoms with Crippen molar-refractivity contribution in [2.24, 2.45) is 0 Å². The van der Waals surface area contributed by atoms with Crippen molar-refractivity contribution < 1.29 is 14.3 Å². The first kappa shape index (κ1) is 13.1. The Labute approximate surface area is 99.4 Å². The first-order valence-corrected chi connectivity index (χ1v) is 5.13. The van der Waals surface area contributed by atoms with E-state index in [1.807, 2.05) is 0 Å². The van der Waals surface area contributed by atoms with Crippen molar-refractivity contribution in [3.63, 3.8) is 0 Å². The van der Waals surface area contributed by atoms with Gasteiger partial charge in [0, 0.05) is 0 Å². The normalized spacial score (nSPS) is 10.8. The van der Waals surface area contributed by atoms with Gasteiger partial charge in [-0.3, -0.25) is 9.78 Å². The Morgan fingerprint density at radius 1 is 1.41 bits per heavy atom. The lowest BCUT2D eigenvalue weighted by atomic mass is 10.2. The van der Waals surface area contributed by atoms with Crippen molar-refractivity contribution >= 4 is 12.4 Å². The second-order valence-electron chi connectivity index (χ2n) is 4.41. The Morgan fingerprint density at radius 2 is 2.12 bits per heavy atom. The molecule has 6 heteroatoms. The number of carbonyl (C=O) groups is 2. The maximum Gasteiger partial charge on any atom is 0.407 e. The van der Waals surface area contributed by atoms with Crippen molar-refractivity contribution in [1.82, 2.24) is 15.3 Å². The third kappa shape index (κ3) is 5.05. The maximum atomic E-state index is 11.3. The minimum atomic E-state index is -0.531. The first-order chi connectivity index (χ1) is 7.90. The van der Waals surface area contributed by atoms with Crippen LogP contribution in [0.3, 0.4) is 0 Å². The number of nitrogens with one attached hydrogen (secondary N) is 1. The standard InChI is InChI=1S/C11H15N3O3/c1-11(2,3)17-10(16)14-5-8-4-13-9(7-15)6-12-8/h4,6-7H,5H2,1-3H3,(H,14,16). The fraction of sp³-hybridized carbons (Fsp3) is 0.455. The number of carbonyl (C=O) groups excluding carboxylic acids is 2. The van der Waals surface area contributed by atoms with Crippen molar-refractivity contribution in [2.75, 3.05) is 0 Å². The number of rotatable bonds is 3. The summed E-state index contributed by atoms with van der Waals surface area (Å²) in [5.41, 5.74) is 0.282. The van der Waals surface area contributed by atoms with Gasteiger partial charge in [0.1, 0.15) is 11.3 Å². The van der Waals surface area contributed by atoms with Crippen LogP contribution in [0.1, 0.15) is 37.0 Å². The molecule has 0 fully saturated rings. The lowest BCUT2D eigenvalue weighted by Crippen LogP contribution is -2.32. The molecule has 1 rings (SSSR count). The van der Waals surface area contributed by atoms with Crippen LogP contribution in [0, 0.1) is 0 Å². The van der Waals surface area contributed by atoms with Gasteiger partial charge in [-0.15, -0.1) is 0 Å². The minimum Gasteiger partial charge on any atom is -0.444 e. The number of alkyl carbamates (subject to hydrolysis) is 1. The number of hydrogen-bond acceptors (Lipinski definition) is 5. The predicted octanol–water partition coefficient (Wildman–Crippen LogP) is 1.31. The molecule has 0 aliphatic heterocycles. The molecule has 0 aliphatic carbocycles. The molecule has 0 unspecified atom stereocenters. The third-order valence-electron chi connectivity index (χ3n) is 1.66. The molecule has 6 nitrogen and oxygen atoms in total. The van der Waals surface area contributed by atoms with Crippen LogP contribution in [0.25, 0.3) is 0 Å².